The number of carbonyl (C=O) groups excluding carboxylic acids is 2. The summed E-state index contributed by atoms with van der Waals surface area (Å²) in [6, 6.07) is 23.8. The van der Waals surface area contributed by atoms with Gasteiger partial charge in [0.25, 0.3) is 5.91 Å². The van der Waals surface area contributed by atoms with E-state index in [1.54, 1.807) is 4.90 Å². The average Bonchev–Trinajstić information content (AvgIpc) is 2.84. The highest BCUT2D eigenvalue weighted by atomic mass is 35.5. The largest absolute Gasteiger partial charge is 0.452 e. The highest BCUT2D eigenvalue weighted by Gasteiger charge is 2.28. The van der Waals surface area contributed by atoms with Crippen molar-refractivity contribution in [2.24, 2.45) is 0 Å². The summed E-state index contributed by atoms with van der Waals surface area (Å²) in [4.78, 5) is 32.7. The number of aromatic nitrogens is 1. The molecule has 1 aromatic heterocycles. The molecule has 32 heavy (non-hydrogen) atoms. The van der Waals surface area contributed by atoms with Crippen molar-refractivity contribution in [3.05, 3.63) is 101 Å². The zero-order valence-corrected chi connectivity index (χ0v) is 18.3. The van der Waals surface area contributed by atoms with Gasteiger partial charge in [-0.1, -0.05) is 72.3 Å². The molecule has 0 saturated carbocycles. The van der Waals surface area contributed by atoms with Gasteiger partial charge in [-0.25, -0.2) is 9.78 Å². The number of hydrogen-bond acceptors (Lipinski definition) is 5. The topological polar surface area (TPSA) is 62.7 Å². The molecule has 0 N–H and O–H groups in total. The van der Waals surface area contributed by atoms with E-state index in [2.05, 4.69) is 58.4 Å². The fraction of sp³-hybridized carbons (Fsp3) is 0.240. The molecule has 7 heteroatoms. The Hall–Kier alpha value is -3.22. The molecule has 0 radical (unpaired) electrons. The first-order valence-electron chi connectivity index (χ1n) is 10.5. The minimum Gasteiger partial charge on any atom is -0.452 e. The lowest BCUT2D eigenvalue weighted by Crippen LogP contribution is -2.50. The van der Waals surface area contributed by atoms with Gasteiger partial charge in [-0.2, -0.15) is 0 Å². The molecule has 1 amide bonds. The summed E-state index contributed by atoms with van der Waals surface area (Å²) in [5.74, 6) is -0.788. The Morgan fingerprint density at radius 1 is 0.906 bits per heavy atom. The van der Waals surface area contributed by atoms with Crippen LogP contribution in [0.4, 0.5) is 0 Å². The predicted molar refractivity (Wildman–Crippen MR) is 122 cm³/mol. The van der Waals surface area contributed by atoms with Gasteiger partial charge in [0.15, 0.2) is 6.61 Å². The van der Waals surface area contributed by atoms with Crippen LogP contribution in [0.1, 0.15) is 27.5 Å². The number of amides is 1. The molecule has 4 rings (SSSR count). The molecular formula is C25H24ClN3O3. The maximum absolute atomic E-state index is 12.6. The minimum atomic E-state index is -0.588. The first-order chi connectivity index (χ1) is 15.6. The van der Waals surface area contributed by atoms with Crippen LogP contribution in [0.2, 0.25) is 5.15 Å². The maximum atomic E-state index is 12.6. The average molecular weight is 450 g/mol. The molecule has 0 aliphatic carbocycles. The van der Waals surface area contributed by atoms with Crippen LogP contribution in [-0.2, 0) is 9.53 Å². The van der Waals surface area contributed by atoms with Crippen LogP contribution in [0.15, 0.2) is 79.0 Å². The number of carbonyl (C=O) groups is 2. The molecule has 1 aliphatic heterocycles. The van der Waals surface area contributed by atoms with Crippen LogP contribution in [0.5, 0.6) is 0 Å². The van der Waals surface area contributed by atoms with Crippen LogP contribution in [0, 0.1) is 0 Å². The summed E-state index contributed by atoms with van der Waals surface area (Å²) in [6.07, 6.45) is 1.43. The van der Waals surface area contributed by atoms with Crippen LogP contribution in [0.3, 0.4) is 0 Å². The first kappa shape index (κ1) is 22.0. The van der Waals surface area contributed by atoms with Gasteiger partial charge in [0.05, 0.1) is 11.6 Å². The third kappa shape index (κ3) is 5.33. The minimum absolute atomic E-state index is 0.129. The second-order valence-corrected chi connectivity index (χ2v) is 7.97. The number of benzene rings is 2. The maximum Gasteiger partial charge on any atom is 0.338 e. The molecule has 3 aromatic rings. The zero-order chi connectivity index (χ0) is 22.3. The Labute approximate surface area is 192 Å². The summed E-state index contributed by atoms with van der Waals surface area (Å²) in [7, 11) is 0. The SMILES string of the molecule is O=C(OCC(=O)N1CCN(C(c2ccccc2)c2ccccc2)CC1)c1ccnc(Cl)c1. The monoisotopic (exact) mass is 449 g/mol. The Balaban J connectivity index is 1.36. The van der Waals surface area contributed by atoms with Gasteiger partial charge in [0, 0.05) is 32.4 Å². The Kier molecular flexibility index (Phi) is 7.14. The molecule has 1 saturated heterocycles. The highest BCUT2D eigenvalue weighted by Crippen LogP contribution is 2.29. The van der Waals surface area contributed by atoms with Crippen molar-refractivity contribution in [3.8, 4) is 0 Å². The molecule has 0 atom stereocenters. The van der Waals surface area contributed by atoms with Crippen LogP contribution in [0.25, 0.3) is 0 Å². The lowest BCUT2D eigenvalue weighted by atomic mass is 9.96. The van der Waals surface area contributed by atoms with E-state index in [0.717, 1.165) is 13.1 Å². The molecule has 0 bridgehead atoms. The molecule has 1 aliphatic rings. The van der Waals surface area contributed by atoms with E-state index in [1.165, 1.54) is 29.5 Å². The summed E-state index contributed by atoms with van der Waals surface area (Å²) in [5, 5.41) is 0.202. The fourth-order valence-electron chi connectivity index (χ4n) is 3.95. The molecule has 1 fully saturated rings. The molecule has 2 heterocycles. The van der Waals surface area contributed by atoms with E-state index in [-0.39, 0.29) is 29.3 Å². The van der Waals surface area contributed by atoms with Gasteiger partial charge in [-0.05, 0) is 23.3 Å². The number of halogens is 1. The number of pyridine rings is 1. The van der Waals surface area contributed by atoms with E-state index < -0.39 is 5.97 Å². The van der Waals surface area contributed by atoms with Gasteiger partial charge in [-0.3, -0.25) is 9.69 Å². The molecule has 0 spiro atoms. The van der Waals surface area contributed by atoms with E-state index in [4.69, 9.17) is 16.3 Å². The molecule has 2 aromatic carbocycles. The van der Waals surface area contributed by atoms with E-state index in [0.29, 0.717) is 13.1 Å². The Morgan fingerprint density at radius 2 is 1.50 bits per heavy atom. The Morgan fingerprint density at radius 3 is 2.06 bits per heavy atom. The number of piperazine rings is 1. The van der Waals surface area contributed by atoms with E-state index in [1.807, 2.05) is 12.1 Å². The molecule has 0 unspecified atom stereocenters. The van der Waals surface area contributed by atoms with Crippen LogP contribution >= 0.6 is 11.6 Å². The van der Waals surface area contributed by atoms with Crippen molar-refractivity contribution in [2.75, 3.05) is 32.8 Å². The van der Waals surface area contributed by atoms with Crippen molar-refractivity contribution in [2.45, 2.75) is 6.04 Å². The van der Waals surface area contributed by atoms with Crippen LogP contribution < -0.4 is 0 Å². The quantitative estimate of drug-likeness (QED) is 0.423. The standard InChI is InChI=1S/C25H24ClN3O3/c26-22-17-21(11-12-27-22)25(31)32-18-23(30)28-13-15-29(16-14-28)24(19-7-3-1-4-8-19)20-9-5-2-6-10-20/h1-12,17,24H,13-16,18H2. The molecular weight excluding hydrogens is 426 g/mol. The van der Waals surface area contributed by atoms with Crippen molar-refractivity contribution in [3.63, 3.8) is 0 Å². The summed E-state index contributed by atoms with van der Waals surface area (Å²) < 4.78 is 5.18. The lowest BCUT2D eigenvalue weighted by molar-refractivity contribution is -0.136. The summed E-state index contributed by atoms with van der Waals surface area (Å²) in [6.45, 7) is 2.32. The lowest BCUT2D eigenvalue weighted by Gasteiger charge is -2.39. The highest BCUT2D eigenvalue weighted by molar-refractivity contribution is 6.29. The number of ether oxygens (including phenoxy) is 1. The van der Waals surface area contributed by atoms with Gasteiger partial charge >= 0.3 is 5.97 Å². The number of esters is 1. The third-order valence-electron chi connectivity index (χ3n) is 5.55. The summed E-state index contributed by atoms with van der Waals surface area (Å²) in [5.41, 5.74) is 2.73. The van der Waals surface area contributed by atoms with Crippen LogP contribution in [-0.4, -0.2) is 59.4 Å². The van der Waals surface area contributed by atoms with Gasteiger partial charge < -0.3 is 9.64 Å². The van der Waals surface area contributed by atoms with E-state index in [9.17, 15) is 9.59 Å². The summed E-state index contributed by atoms with van der Waals surface area (Å²) >= 11 is 5.80. The van der Waals surface area contributed by atoms with Gasteiger partial charge in [0.1, 0.15) is 5.15 Å². The first-order valence-corrected chi connectivity index (χ1v) is 10.9. The van der Waals surface area contributed by atoms with Crippen molar-refractivity contribution < 1.29 is 14.3 Å². The fourth-order valence-corrected chi connectivity index (χ4v) is 4.12. The van der Waals surface area contributed by atoms with Crippen molar-refractivity contribution >= 4 is 23.5 Å². The van der Waals surface area contributed by atoms with E-state index >= 15 is 0 Å². The molecule has 6 nitrogen and oxygen atoms in total. The second kappa shape index (κ2) is 10.4. The van der Waals surface area contributed by atoms with Crippen molar-refractivity contribution in [1.82, 2.24) is 14.8 Å². The number of rotatable bonds is 6. The smallest absolute Gasteiger partial charge is 0.338 e. The van der Waals surface area contributed by atoms with Gasteiger partial charge in [0.2, 0.25) is 0 Å². The second-order valence-electron chi connectivity index (χ2n) is 7.58. The normalized spacial score (nSPS) is 14.4. The third-order valence-corrected chi connectivity index (χ3v) is 5.76. The van der Waals surface area contributed by atoms with Crippen molar-refractivity contribution in [1.29, 1.82) is 0 Å². The van der Waals surface area contributed by atoms with Gasteiger partial charge in [-0.15, -0.1) is 0 Å². The molecule has 164 valence electrons. The zero-order valence-electron chi connectivity index (χ0n) is 17.6. The predicted octanol–water partition coefficient (Wildman–Crippen LogP) is 3.83. The number of nitrogens with zero attached hydrogens (tertiary/aromatic N) is 3. The Bertz CT molecular complexity index is 1010. The number of hydrogen-bond donors (Lipinski definition) is 0.